The first kappa shape index (κ1) is 28.7. The van der Waals surface area contributed by atoms with E-state index in [1.54, 1.807) is 0 Å². The molecular weight excluding hydrogens is 343 g/mol. The van der Waals surface area contributed by atoms with Crippen LogP contribution in [0.4, 0.5) is 20.9 Å². The van der Waals surface area contributed by atoms with E-state index in [1.807, 2.05) is 0 Å². The first-order valence-electron chi connectivity index (χ1n) is 4.89. The monoisotopic (exact) mass is 366 g/mol. The second kappa shape index (κ2) is 11.2. The highest BCUT2D eigenvalue weighted by molar-refractivity contribution is 7.87. The minimum atomic E-state index is -5.04. The van der Waals surface area contributed by atoms with Gasteiger partial charge in [0, 0.05) is 6.42 Å². The van der Waals surface area contributed by atoms with Gasteiger partial charge in [-0.3, -0.25) is 4.39 Å². The number of hydrogen-bond acceptors (Lipinski definition) is 4. The molecule has 0 saturated carbocycles. The molecular formula is C10H23F5O4S2. The Morgan fingerprint density at radius 3 is 1.38 bits per heavy atom. The third-order valence-corrected chi connectivity index (χ3v) is 3.60. The van der Waals surface area contributed by atoms with Gasteiger partial charge < -0.3 is 0 Å². The first-order valence-corrected chi connectivity index (χ1v) is 7.99. The van der Waals surface area contributed by atoms with Gasteiger partial charge in [0.15, 0.2) is 0 Å². The van der Waals surface area contributed by atoms with Gasteiger partial charge >= 0.3 is 20.4 Å². The minimum absolute atomic E-state index is 0. The van der Waals surface area contributed by atoms with Crippen molar-refractivity contribution < 1.29 is 37.8 Å². The van der Waals surface area contributed by atoms with E-state index < -0.39 is 56.6 Å². The highest BCUT2D eigenvalue weighted by atomic mass is 32.3. The molecule has 0 saturated heterocycles. The zero-order valence-electron chi connectivity index (χ0n) is 10.2. The second-order valence-electron chi connectivity index (χ2n) is 3.89. The first-order chi connectivity index (χ1) is 8.29. The van der Waals surface area contributed by atoms with Crippen LogP contribution in [0.25, 0.3) is 0 Å². The van der Waals surface area contributed by atoms with Gasteiger partial charge in [-0.1, -0.05) is 14.9 Å². The molecule has 0 aromatic carbocycles. The summed E-state index contributed by atoms with van der Waals surface area (Å²) >= 11 is 0. The topological polar surface area (TPSA) is 68.3 Å². The van der Waals surface area contributed by atoms with Crippen LogP contribution in [0.15, 0.2) is 0 Å². The third-order valence-electron chi connectivity index (χ3n) is 1.86. The van der Waals surface area contributed by atoms with Gasteiger partial charge in [-0.2, -0.15) is 16.8 Å². The van der Waals surface area contributed by atoms with Gasteiger partial charge in [0.25, 0.3) is 0 Å². The molecule has 0 amide bonds. The summed E-state index contributed by atoms with van der Waals surface area (Å²) in [7, 11) is -9.58. The van der Waals surface area contributed by atoms with Gasteiger partial charge in [0.2, 0.25) is 5.92 Å². The molecule has 0 aromatic heterocycles. The summed E-state index contributed by atoms with van der Waals surface area (Å²) in [5.41, 5.74) is 0. The van der Waals surface area contributed by atoms with Crippen LogP contribution >= 0.6 is 0 Å². The van der Waals surface area contributed by atoms with E-state index >= 15 is 0 Å². The van der Waals surface area contributed by atoms with Crippen molar-refractivity contribution in [3.63, 3.8) is 0 Å². The number of alkyl halides is 3. The Hall–Kier alpha value is -0.450. The maximum absolute atomic E-state index is 12.5. The van der Waals surface area contributed by atoms with E-state index in [4.69, 9.17) is 0 Å². The minimum Gasteiger partial charge on any atom is -0.255 e. The summed E-state index contributed by atoms with van der Waals surface area (Å²) in [4.78, 5) is 0. The van der Waals surface area contributed by atoms with Crippen LogP contribution in [0.5, 0.6) is 0 Å². The Morgan fingerprint density at radius 2 is 1.19 bits per heavy atom. The predicted molar refractivity (Wildman–Crippen MR) is 73.6 cm³/mol. The van der Waals surface area contributed by atoms with Gasteiger partial charge in [-0.05, 0) is 19.3 Å². The molecule has 0 rings (SSSR count). The van der Waals surface area contributed by atoms with Crippen molar-refractivity contribution in [3.8, 4) is 0 Å². The lowest BCUT2D eigenvalue weighted by Gasteiger charge is -2.15. The highest BCUT2D eigenvalue weighted by Gasteiger charge is 2.28. The molecule has 11 heteroatoms. The molecule has 0 bridgehead atoms. The van der Waals surface area contributed by atoms with Crippen molar-refractivity contribution in [1.29, 1.82) is 0 Å². The molecule has 0 aliphatic carbocycles. The molecule has 0 aliphatic heterocycles. The molecule has 134 valence electrons. The Balaban J connectivity index is -0.000000344. The van der Waals surface area contributed by atoms with Crippen LogP contribution in [0.1, 0.15) is 34.6 Å². The third kappa shape index (κ3) is 24.9. The van der Waals surface area contributed by atoms with E-state index in [0.717, 1.165) is 0 Å². The molecule has 0 aliphatic rings. The summed E-state index contributed by atoms with van der Waals surface area (Å²) in [6, 6.07) is 0. The van der Waals surface area contributed by atoms with Crippen LogP contribution in [-0.2, 0) is 20.4 Å². The summed E-state index contributed by atoms with van der Waals surface area (Å²) in [6.45, 7) is 0.540. The number of halogens is 5. The summed E-state index contributed by atoms with van der Waals surface area (Å²) in [6.07, 6.45) is -1.45. The quantitative estimate of drug-likeness (QED) is 0.511. The fourth-order valence-electron chi connectivity index (χ4n) is 1.24. The SMILES string of the molecule is C.C.CC(F)(F)CCC(CS(=O)(=O)F)CS(=O)(=O)F.CF. The normalized spacial score (nSPS) is 11.8. The highest BCUT2D eigenvalue weighted by Crippen LogP contribution is 2.24. The standard InChI is InChI=1S/C7H12F4O4S2.CH3F.2CH4/c1-7(8,9)3-2-6(4-16(10,12)13)5-17(11,14)15;1-2;;/h6H,2-5H2,1H3;1H3;2*1H4. The molecule has 0 aromatic rings. The number of rotatable bonds is 7. The number of hydrogen-bond donors (Lipinski definition) is 0. The van der Waals surface area contributed by atoms with Gasteiger partial charge in [0.1, 0.15) is 0 Å². The smallest absolute Gasteiger partial charge is 0.255 e. The largest absolute Gasteiger partial charge is 0.302 e. The average molecular weight is 366 g/mol. The Morgan fingerprint density at radius 1 is 0.905 bits per heavy atom. The fourth-order valence-corrected chi connectivity index (χ4v) is 3.08. The van der Waals surface area contributed by atoms with Crippen molar-refractivity contribution >= 4 is 20.4 Å². The van der Waals surface area contributed by atoms with Crippen molar-refractivity contribution in [1.82, 2.24) is 0 Å². The van der Waals surface area contributed by atoms with Gasteiger partial charge in [-0.25, -0.2) is 8.78 Å². The second-order valence-corrected chi connectivity index (χ2v) is 6.71. The summed E-state index contributed by atoms with van der Waals surface area (Å²) in [5.74, 6) is -7.25. The Labute approximate surface area is 124 Å². The lowest BCUT2D eigenvalue weighted by Crippen LogP contribution is -2.23. The Bertz CT molecular complexity index is 409. The van der Waals surface area contributed by atoms with Crippen LogP contribution in [0.2, 0.25) is 0 Å². The van der Waals surface area contributed by atoms with E-state index in [0.29, 0.717) is 14.1 Å². The molecule has 0 atom stereocenters. The molecule has 0 fully saturated rings. The molecule has 4 nitrogen and oxygen atoms in total. The molecule has 0 radical (unpaired) electrons. The van der Waals surface area contributed by atoms with Crippen molar-refractivity contribution in [2.24, 2.45) is 5.92 Å². The molecule has 0 heterocycles. The summed E-state index contributed by atoms with van der Waals surface area (Å²) in [5, 5.41) is 0. The fraction of sp³-hybridized carbons (Fsp3) is 1.00. The van der Waals surface area contributed by atoms with Crippen LogP contribution in [-0.4, -0.2) is 41.4 Å². The zero-order valence-corrected chi connectivity index (χ0v) is 11.9. The van der Waals surface area contributed by atoms with Crippen LogP contribution in [0.3, 0.4) is 0 Å². The van der Waals surface area contributed by atoms with Gasteiger partial charge in [-0.15, -0.1) is 7.77 Å². The summed E-state index contributed by atoms with van der Waals surface area (Å²) < 4.78 is 100. The maximum Gasteiger partial charge on any atom is 0.302 e. The zero-order chi connectivity index (χ0) is 15.9. The molecule has 0 N–H and O–H groups in total. The van der Waals surface area contributed by atoms with Crippen molar-refractivity contribution in [2.75, 3.05) is 18.7 Å². The van der Waals surface area contributed by atoms with Crippen molar-refractivity contribution in [2.45, 2.75) is 40.5 Å². The Kier molecular flexibility index (Phi) is 15.2. The van der Waals surface area contributed by atoms with Crippen LogP contribution < -0.4 is 0 Å². The average Bonchev–Trinajstić information content (AvgIpc) is 2.11. The van der Waals surface area contributed by atoms with Gasteiger partial charge in [0.05, 0.1) is 18.7 Å². The van der Waals surface area contributed by atoms with E-state index in [-0.39, 0.29) is 14.9 Å². The molecule has 0 spiro atoms. The lowest BCUT2D eigenvalue weighted by molar-refractivity contribution is 0.00793. The van der Waals surface area contributed by atoms with E-state index in [2.05, 4.69) is 0 Å². The van der Waals surface area contributed by atoms with Crippen LogP contribution in [0, 0.1) is 5.92 Å². The van der Waals surface area contributed by atoms with E-state index in [1.165, 1.54) is 0 Å². The molecule has 0 unspecified atom stereocenters. The molecule has 21 heavy (non-hydrogen) atoms. The van der Waals surface area contributed by atoms with Crippen molar-refractivity contribution in [3.05, 3.63) is 0 Å². The lowest BCUT2D eigenvalue weighted by atomic mass is 10.1. The predicted octanol–water partition coefficient (Wildman–Crippen LogP) is 3.49. The van der Waals surface area contributed by atoms with E-state index in [9.17, 15) is 37.8 Å². The maximum atomic E-state index is 12.5.